The molecule has 0 bridgehead atoms. The molecule has 0 atom stereocenters. The highest BCUT2D eigenvalue weighted by molar-refractivity contribution is 5.82. The Morgan fingerprint density at radius 1 is 0.875 bits per heavy atom. The van der Waals surface area contributed by atoms with Gasteiger partial charge in [-0.1, -0.05) is 30.3 Å². The number of nitrogens with zero attached hydrogens (tertiary/aromatic N) is 1. The molecule has 118 valence electrons. The molecule has 0 fully saturated rings. The van der Waals surface area contributed by atoms with Crippen molar-refractivity contribution in [2.24, 2.45) is 4.99 Å². The van der Waals surface area contributed by atoms with E-state index in [1.54, 1.807) is 6.21 Å². The number of para-hydroxylation sites is 1. The predicted octanol–water partition coefficient (Wildman–Crippen LogP) is 5.05. The van der Waals surface area contributed by atoms with E-state index in [-0.39, 0.29) is 0 Å². The Labute approximate surface area is 139 Å². The first-order valence-electron chi connectivity index (χ1n) is 7.66. The fourth-order valence-corrected chi connectivity index (χ4v) is 2.38. The smallest absolute Gasteiger partial charge is 0.171 e. The van der Waals surface area contributed by atoms with E-state index in [1.807, 2.05) is 72.8 Å². The molecule has 4 nitrogen and oxygen atoms in total. The second kappa shape index (κ2) is 6.56. The third-order valence-corrected chi connectivity index (χ3v) is 3.63. The maximum Gasteiger partial charge on any atom is 0.171 e. The van der Waals surface area contributed by atoms with Crippen LogP contribution in [0.5, 0.6) is 17.2 Å². The maximum absolute atomic E-state index is 5.76. The molecule has 0 unspecified atom stereocenters. The Morgan fingerprint density at radius 2 is 1.67 bits per heavy atom. The van der Waals surface area contributed by atoms with Gasteiger partial charge in [0.15, 0.2) is 5.75 Å². The molecule has 0 N–H and O–H groups in total. The van der Waals surface area contributed by atoms with Gasteiger partial charge in [0.2, 0.25) is 0 Å². The van der Waals surface area contributed by atoms with Crippen LogP contribution in [-0.2, 0) is 11.5 Å². The summed E-state index contributed by atoms with van der Waals surface area (Å²) < 4.78 is 5.76. The summed E-state index contributed by atoms with van der Waals surface area (Å²) in [4.78, 5) is 14.5. The van der Waals surface area contributed by atoms with E-state index in [2.05, 4.69) is 4.99 Å². The molecule has 0 aliphatic carbocycles. The summed E-state index contributed by atoms with van der Waals surface area (Å²) >= 11 is 0. The van der Waals surface area contributed by atoms with Gasteiger partial charge in [-0.05, 0) is 48.0 Å². The standard InChI is InChI=1S/C20H15NO3/c1-2-4-18(5-3-1)23-19-10-8-17(9-11-19)21-13-15-6-7-16-14-22-24-20(16)12-15/h1-13H,14H2. The fourth-order valence-electron chi connectivity index (χ4n) is 2.38. The lowest BCUT2D eigenvalue weighted by molar-refractivity contribution is -0.194. The molecule has 0 amide bonds. The molecule has 1 aliphatic heterocycles. The van der Waals surface area contributed by atoms with Gasteiger partial charge < -0.3 is 9.62 Å². The molecule has 3 aromatic rings. The highest BCUT2D eigenvalue weighted by Gasteiger charge is 2.13. The summed E-state index contributed by atoms with van der Waals surface area (Å²) in [6.07, 6.45) is 1.80. The molecule has 0 radical (unpaired) electrons. The minimum Gasteiger partial charge on any atom is -0.457 e. The van der Waals surface area contributed by atoms with Gasteiger partial charge in [-0.2, -0.15) is 4.89 Å². The van der Waals surface area contributed by atoms with Gasteiger partial charge in [-0.15, -0.1) is 0 Å². The molecule has 0 saturated carbocycles. The topological polar surface area (TPSA) is 40.0 Å². The van der Waals surface area contributed by atoms with Gasteiger partial charge in [0.05, 0.1) is 5.69 Å². The molecule has 4 heteroatoms. The lowest BCUT2D eigenvalue weighted by atomic mass is 10.1. The normalized spacial score (nSPS) is 12.8. The van der Waals surface area contributed by atoms with Crippen LogP contribution in [0.1, 0.15) is 11.1 Å². The zero-order chi connectivity index (χ0) is 16.2. The highest BCUT2D eigenvalue weighted by atomic mass is 17.2. The van der Waals surface area contributed by atoms with E-state index in [4.69, 9.17) is 14.5 Å². The van der Waals surface area contributed by atoms with Gasteiger partial charge >= 0.3 is 0 Å². The molecule has 1 aliphatic rings. The Bertz CT molecular complexity index is 858. The number of aliphatic imine (C=N–C) groups is 1. The lowest BCUT2D eigenvalue weighted by Gasteiger charge is -2.05. The molecule has 0 spiro atoms. The third kappa shape index (κ3) is 3.29. The molecule has 3 aromatic carbocycles. The van der Waals surface area contributed by atoms with E-state index in [1.165, 1.54) is 0 Å². The first-order valence-corrected chi connectivity index (χ1v) is 7.66. The number of hydrogen-bond donors (Lipinski definition) is 0. The van der Waals surface area contributed by atoms with Crippen molar-refractivity contribution in [3.8, 4) is 17.2 Å². The van der Waals surface area contributed by atoms with E-state index >= 15 is 0 Å². The van der Waals surface area contributed by atoms with Crippen LogP contribution in [0.2, 0.25) is 0 Å². The van der Waals surface area contributed by atoms with E-state index in [0.29, 0.717) is 6.61 Å². The second-order valence-electron chi connectivity index (χ2n) is 5.38. The van der Waals surface area contributed by atoms with Gasteiger partial charge in [0, 0.05) is 11.8 Å². The Balaban J connectivity index is 1.45. The van der Waals surface area contributed by atoms with E-state index in [9.17, 15) is 0 Å². The number of benzene rings is 3. The van der Waals surface area contributed by atoms with Crippen molar-refractivity contribution in [2.45, 2.75) is 6.61 Å². The number of ether oxygens (including phenoxy) is 1. The van der Waals surface area contributed by atoms with Crippen molar-refractivity contribution in [3.63, 3.8) is 0 Å². The second-order valence-corrected chi connectivity index (χ2v) is 5.38. The fraction of sp³-hybridized carbons (Fsp3) is 0.0500. The van der Waals surface area contributed by atoms with Crippen LogP contribution >= 0.6 is 0 Å². The first-order chi connectivity index (χ1) is 11.9. The van der Waals surface area contributed by atoms with Crippen LogP contribution in [0.15, 0.2) is 77.8 Å². The van der Waals surface area contributed by atoms with Crippen molar-refractivity contribution < 1.29 is 14.5 Å². The quantitative estimate of drug-likeness (QED) is 0.499. The van der Waals surface area contributed by atoms with Gasteiger partial charge in [0.1, 0.15) is 18.1 Å². The van der Waals surface area contributed by atoms with Crippen molar-refractivity contribution in [1.29, 1.82) is 0 Å². The van der Waals surface area contributed by atoms with Gasteiger partial charge in [-0.25, -0.2) is 0 Å². The van der Waals surface area contributed by atoms with Crippen LogP contribution in [-0.4, -0.2) is 6.21 Å². The predicted molar refractivity (Wildman–Crippen MR) is 92.1 cm³/mol. The van der Waals surface area contributed by atoms with Crippen LogP contribution in [0.25, 0.3) is 0 Å². The molecule has 0 saturated heterocycles. The largest absolute Gasteiger partial charge is 0.457 e. The molecular formula is C20H15NO3. The van der Waals surface area contributed by atoms with Crippen molar-refractivity contribution in [1.82, 2.24) is 0 Å². The Morgan fingerprint density at radius 3 is 2.50 bits per heavy atom. The summed E-state index contributed by atoms with van der Waals surface area (Å²) in [5.41, 5.74) is 2.87. The average molecular weight is 317 g/mol. The Hall–Kier alpha value is -3.11. The molecule has 1 heterocycles. The summed E-state index contributed by atoms with van der Waals surface area (Å²) in [5.74, 6) is 2.35. The number of rotatable bonds is 4. The van der Waals surface area contributed by atoms with E-state index in [0.717, 1.165) is 34.1 Å². The summed E-state index contributed by atoms with van der Waals surface area (Å²) in [6, 6.07) is 23.2. The third-order valence-electron chi connectivity index (χ3n) is 3.63. The average Bonchev–Trinajstić information content (AvgIpc) is 3.10. The van der Waals surface area contributed by atoms with Crippen molar-refractivity contribution >= 4 is 11.9 Å². The molecule has 4 rings (SSSR count). The van der Waals surface area contributed by atoms with Crippen LogP contribution in [0.4, 0.5) is 5.69 Å². The monoisotopic (exact) mass is 317 g/mol. The first kappa shape index (κ1) is 14.5. The molecule has 24 heavy (non-hydrogen) atoms. The zero-order valence-corrected chi connectivity index (χ0v) is 12.9. The Kier molecular flexibility index (Phi) is 3.96. The maximum atomic E-state index is 5.76. The minimum absolute atomic E-state index is 0.496. The summed E-state index contributed by atoms with van der Waals surface area (Å²) in [7, 11) is 0. The summed E-state index contributed by atoms with van der Waals surface area (Å²) in [5, 5.41) is 0. The lowest BCUT2D eigenvalue weighted by Crippen LogP contribution is -1.85. The zero-order valence-electron chi connectivity index (χ0n) is 12.9. The highest BCUT2D eigenvalue weighted by Crippen LogP contribution is 2.27. The number of fused-ring (bicyclic) bond motifs is 1. The molecular weight excluding hydrogens is 302 g/mol. The molecule has 0 aromatic heterocycles. The summed E-state index contributed by atoms with van der Waals surface area (Å²) in [6.45, 7) is 0.496. The van der Waals surface area contributed by atoms with Crippen LogP contribution in [0.3, 0.4) is 0 Å². The minimum atomic E-state index is 0.496. The SMILES string of the molecule is C(=Nc1ccc(Oc2ccccc2)cc1)c1ccc2c(c1)OOC2. The van der Waals surface area contributed by atoms with E-state index < -0.39 is 0 Å². The van der Waals surface area contributed by atoms with Gasteiger partial charge in [-0.3, -0.25) is 4.99 Å². The number of hydrogen-bond acceptors (Lipinski definition) is 4. The van der Waals surface area contributed by atoms with Crippen molar-refractivity contribution in [3.05, 3.63) is 83.9 Å². The van der Waals surface area contributed by atoms with Crippen LogP contribution in [0, 0.1) is 0 Å². The van der Waals surface area contributed by atoms with Crippen molar-refractivity contribution in [2.75, 3.05) is 0 Å². The van der Waals surface area contributed by atoms with Crippen LogP contribution < -0.4 is 9.62 Å². The van der Waals surface area contributed by atoms with Gasteiger partial charge in [0.25, 0.3) is 0 Å².